The third-order valence-electron chi connectivity index (χ3n) is 13.9. The molecule has 4 aromatic carbocycles. The molecule has 5 rings (SSSR count). The van der Waals surface area contributed by atoms with Gasteiger partial charge in [-0.15, -0.1) is 0 Å². The molecule has 1 heterocycles. The Morgan fingerprint density at radius 2 is 0.638 bits per heavy atom. The van der Waals surface area contributed by atoms with Crippen molar-refractivity contribution >= 4 is 49.6 Å². The average molecular weight is 949 g/mol. The van der Waals surface area contributed by atoms with E-state index in [-0.39, 0.29) is 5.56 Å². The van der Waals surface area contributed by atoms with Crippen molar-refractivity contribution in [2.24, 2.45) is 0 Å². The number of carboxylic acid groups (broad SMARTS) is 1. The van der Waals surface area contributed by atoms with Crippen LogP contribution in [0.25, 0.3) is 43.6 Å². The lowest BCUT2D eigenvalue weighted by Gasteiger charge is -2.19. The van der Waals surface area contributed by atoms with Gasteiger partial charge in [-0.25, -0.2) is 14.8 Å². The molecular formula is C61H92N2O6. The molecule has 0 saturated heterocycles. The zero-order valence-corrected chi connectivity index (χ0v) is 43.9. The molecule has 1 N–H and O–H groups in total. The van der Waals surface area contributed by atoms with Crippen LogP contribution in [0.3, 0.4) is 0 Å². The Balaban J connectivity index is 1.52. The number of ether oxygens (including phenoxy) is 4. The lowest BCUT2D eigenvalue weighted by molar-refractivity contribution is 0.0697. The summed E-state index contributed by atoms with van der Waals surface area (Å²) >= 11 is 0. The van der Waals surface area contributed by atoms with Crippen molar-refractivity contribution in [2.45, 2.75) is 233 Å². The van der Waals surface area contributed by atoms with Crippen LogP contribution in [0.4, 0.5) is 0 Å². The number of aromatic nitrogens is 2. The van der Waals surface area contributed by atoms with Crippen LogP contribution in [0.2, 0.25) is 0 Å². The second-order valence-electron chi connectivity index (χ2n) is 19.9. The molecule has 0 saturated carbocycles. The Morgan fingerprint density at radius 1 is 0.362 bits per heavy atom. The predicted octanol–water partition coefficient (Wildman–Crippen LogP) is 18.9. The fourth-order valence-corrected chi connectivity index (χ4v) is 9.64. The quantitative estimate of drug-likeness (QED) is 0.0235. The molecule has 8 nitrogen and oxygen atoms in total. The molecule has 0 bridgehead atoms. The number of unbranched alkanes of at least 4 members (excludes halogenated alkanes) is 28. The minimum Gasteiger partial charge on any atom is -0.490 e. The van der Waals surface area contributed by atoms with Crippen molar-refractivity contribution < 1.29 is 28.8 Å². The van der Waals surface area contributed by atoms with Gasteiger partial charge in [-0.2, -0.15) is 0 Å². The molecule has 0 amide bonds. The van der Waals surface area contributed by atoms with Crippen molar-refractivity contribution in [3.05, 3.63) is 48.0 Å². The summed E-state index contributed by atoms with van der Waals surface area (Å²) in [5, 5.41) is 13.7. The van der Waals surface area contributed by atoms with Gasteiger partial charge >= 0.3 is 5.97 Å². The summed E-state index contributed by atoms with van der Waals surface area (Å²) in [4.78, 5) is 22.6. The zero-order valence-electron chi connectivity index (χ0n) is 43.9. The SMILES string of the molecule is CCCCCCCCCCOc1cc2c3cc(OCCCCCCCCCC)c(OCCCCCCCCCC)cc3c3nc4cc(C(=O)O)ccc4nc3c2cc1OCCCCCCCCCC. The van der Waals surface area contributed by atoms with E-state index in [9.17, 15) is 9.90 Å². The lowest BCUT2D eigenvalue weighted by atomic mass is 9.97. The number of benzene rings is 4. The third kappa shape index (κ3) is 19.1. The van der Waals surface area contributed by atoms with Gasteiger partial charge in [-0.05, 0) is 78.9 Å². The molecule has 1 aromatic heterocycles. The normalized spacial score (nSPS) is 11.7. The number of hydrogen-bond acceptors (Lipinski definition) is 7. The molecule has 8 heteroatoms. The first-order valence-corrected chi connectivity index (χ1v) is 28.4. The number of aromatic carboxylic acids is 1. The zero-order chi connectivity index (χ0) is 48.7. The molecule has 0 aliphatic rings. The summed E-state index contributed by atoms with van der Waals surface area (Å²) in [5.41, 5.74) is 2.79. The van der Waals surface area contributed by atoms with Gasteiger partial charge in [0.1, 0.15) is 0 Å². The van der Waals surface area contributed by atoms with Gasteiger partial charge in [-0.3, -0.25) is 0 Å². The number of carboxylic acids is 1. The molecule has 382 valence electrons. The minimum absolute atomic E-state index is 0.183. The Labute approximate surface area is 417 Å². The van der Waals surface area contributed by atoms with Gasteiger partial charge in [-0.1, -0.05) is 207 Å². The molecule has 0 unspecified atom stereocenters. The first-order valence-electron chi connectivity index (χ1n) is 28.4. The highest BCUT2D eigenvalue weighted by Gasteiger charge is 2.21. The standard InChI is InChI=1S/C61H92N2O6/c1-5-9-13-17-21-25-29-33-39-66-55-44-49-50-45-56(67-40-34-30-26-22-18-14-10-6-2)58(69-42-36-32-28-24-20-16-12-8-4)47-52(50)60-59(62-53-38-37-48(61(64)65)43-54(53)63-60)51(49)46-57(55)68-41-35-31-27-23-19-15-11-7-3/h37-38,43-47H,5-36,39-42H2,1-4H3,(H,64,65). The van der Waals surface area contributed by atoms with Crippen LogP contribution in [-0.4, -0.2) is 47.5 Å². The highest BCUT2D eigenvalue weighted by Crippen LogP contribution is 2.44. The van der Waals surface area contributed by atoms with Crippen molar-refractivity contribution in [1.29, 1.82) is 0 Å². The predicted molar refractivity (Wildman–Crippen MR) is 291 cm³/mol. The van der Waals surface area contributed by atoms with Crippen LogP contribution in [0.15, 0.2) is 42.5 Å². The largest absolute Gasteiger partial charge is 0.490 e. The van der Waals surface area contributed by atoms with Crippen LogP contribution in [0, 0.1) is 0 Å². The van der Waals surface area contributed by atoms with Crippen molar-refractivity contribution in [1.82, 2.24) is 9.97 Å². The van der Waals surface area contributed by atoms with Gasteiger partial charge in [0.15, 0.2) is 23.0 Å². The van der Waals surface area contributed by atoms with Crippen LogP contribution < -0.4 is 18.9 Å². The van der Waals surface area contributed by atoms with Gasteiger partial charge in [0, 0.05) is 10.8 Å². The van der Waals surface area contributed by atoms with Crippen LogP contribution in [0.1, 0.15) is 244 Å². The summed E-state index contributed by atoms with van der Waals surface area (Å²) < 4.78 is 26.8. The van der Waals surface area contributed by atoms with Crippen molar-refractivity contribution in [2.75, 3.05) is 26.4 Å². The van der Waals surface area contributed by atoms with Gasteiger partial charge in [0.25, 0.3) is 0 Å². The number of hydrogen-bond donors (Lipinski definition) is 1. The molecule has 0 aliphatic heterocycles. The van der Waals surface area contributed by atoms with E-state index in [2.05, 4.69) is 52.0 Å². The first-order chi connectivity index (χ1) is 34.0. The Kier molecular flexibility index (Phi) is 26.8. The molecule has 5 aromatic rings. The molecule has 0 spiro atoms. The highest BCUT2D eigenvalue weighted by atomic mass is 16.5. The highest BCUT2D eigenvalue weighted by molar-refractivity contribution is 6.25. The molecule has 0 radical (unpaired) electrons. The number of rotatable bonds is 41. The molecule has 0 fully saturated rings. The van der Waals surface area contributed by atoms with Gasteiger partial charge < -0.3 is 24.1 Å². The number of fused-ring (bicyclic) bond motifs is 7. The third-order valence-corrected chi connectivity index (χ3v) is 13.9. The van der Waals surface area contributed by atoms with E-state index in [0.29, 0.717) is 48.7 Å². The fourth-order valence-electron chi connectivity index (χ4n) is 9.64. The van der Waals surface area contributed by atoms with Gasteiger partial charge in [0.05, 0.1) is 54.1 Å². The van der Waals surface area contributed by atoms with Crippen LogP contribution >= 0.6 is 0 Å². The Hall–Kier alpha value is -4.33. The molecule has 0 atom stereocenters. The first kappa shape index (κ1) is 55.6. The van der Waals surface area contributed by atoms with Gasteiger partial charge in [0.2, 0.25) is 0 Å². The number of nitrogens with zero attached hydrogens (tertiary/aromatic N) is 2. The maximum atomic E-state index is 12.1. The van der Waals surface area contributed by atoms with E-state index < -0.39 is 5.97 Å². The van der Waals surface area contributed by atoms with E-state index in [4.69, 9.17) is 28.9 Å². The number of carbonyl (C=O) groups is 1. The summed E-state index contributed by atoms with van der Waals surface area (Å²) in [6, 6.07) is 13.5. The van der Waals surface area contributed by atoms with Crippen LogP contribution in [-0.2, 0) is 0 Å². The summed E-state index contributed by atoms with van der Waals surface area (Å²) in [5.74, 6) is 1.94. The van der Waals surface area contributed by atoms with E-state index in [1.54, 1.807) is 18.2 Å². The topological polar surface area (TPSA) is 100 Å². The van der Waals surface area contributed by atoms with E-state index in [0.717, 1.165) is 95.7 Å². The molecular weight excluding hydrogens is 857 g/mol. The Bertz CT molecular complexity index is 2220. The summed E-state index contributed by atoms with van der Waals surface area (Å²) in [7, 11) is 0. The smallest absolute Gasteiger partial charge is 0.335 e. The van der Waals surface area contributed by atoms with E-state index >= 15 is 0 Å². The molecule has 69 heavy (non-hydrogen) atoms. The van der Waals surface area contributed by atoms with E-state index in [1.165, 1.54) is 154 Å². The summed E-state index contributed by atoms with van der Waals surface area (Å²) in [6.45, 7) is 11.5. The van der Waals surface area contributed by atoms with Crippen LogP contribution in [0.5, 0.6) is 23.0 Å². The fraction of sp³-hybridized carbons (Fsp3) is 0.656. The average Bonchev–Trinajstić information content (AvgIpc) is 3.36. The lowest BCUT2D eigenvalue weighted by Crippen LogP contribution is -2.05. The maximum Gasteiger partial charge on any atom is 0.335 e. The second kappa shape index (κ2) is 33.3. The maximum absolute atomic E-state index is 12.1. The Morgan fingerprint density at radius 3 is 0.942 bits per heavy atom. The molecule has 0 aliphatic carbocycles. The second-order valence-corrected chi connectivity index (χ2v) is 19.9. The monoisotopic (exact) mass is 949 g/mol. The van der Waals surface area contributed by atoms with E-state index in [1.807, 2.05) is 0 Å². The minimum atomic E-state index is -0.991. The van der Waals surface area contributed by atoms with Crippen molar-refractivity contribution in [3.8, 4) is 23.0 Å². The van der Waals surface area contributed by atoms with Crippen molar-refractivity contribution in [3.63, 3.8) is 0 Å². The summed E-state index contributed by atoms with van der Waals surface area (Å²) in [6.07, 6.45) is 39.4.